The molecule has 0 aliphatic rings. The Bertz CT molecular complexity index is 1340. The fourth-order valence-electron chi connectivity index (χ4n) is 3.41. The van der Waals surface area contributed by atoms with E-state index < -0.39 is 0 Å². The van der Waals surface area contributed by atoms with Gasteiger partial charge in [-0.1, -0.05) is 48.5 Å². The second-order valence-corrected chi connectivity index (χ2v) is 8.06. The normalized spacial score (nSPS) is 11.0. The summed E-state index contributed by atoms with van der Waals surface area (Å²) in [5.74, 6) is 0.775. The van der Waals surface area contributed by atoms with Crippen molar-refractivity contribution >= 4 is 33.9 Å². The lowest BCUT2D eigenvalue weighted by Gasteiger charge is -2.10. The molecule has 5 heteroatoms. The molecule has 0 aliphatic carbocycles. The quantitative estimate of drug-likeness (QED) is 0.356. The number of fused-ring (bicyclic) bond motifs is 1. The van der Waals surface area contributed by atoms with Gasteiger partial charge in [-0.15, -0.1) is 11.3 Å². The minimum Gasteiger partial charge on any atom is -0.339 e. The third kappa shape index (κ3) is 3.55. The molecule has 30 heavy (non-hydrogen) atoms. The summed E-state index contributed by atoms with van der Waals surface area (Å²) < 4.78 is 0. The van der Waals surface area contributed by atoms with Crippen molar-refractivity contribution in [2.75, 3.05) is 5.32 Å². The number of aromatic nitrogens is 3. The summed E-state index contributed by atoms with van der Waals surface area (Å²) >= 11 is 1.68. The Morgan fingerprint density at radius 2 is 1.43 bits per heavy atom. The Morgan fingerprint density at radius 1 is 0.733 bits per heavy atom. The van der Waals surface area contributed by atoms with E-state index in [0.29, 0.717) is 0 Å². The first-order chi connectivity index (χ1) is 14.7. The molecule has 0 saturated heterocycles. The number of para-hydroxylation sites is 2. The van der Waals surface area contributed by atoms with Gasteiger partial charge < -0.3 is 5.32 Å². The summed E-state index contributed by atoms with van der Waals surface area (Å²) in [4.78, 5) is 14.2. The summed E-state index contributed by atoms with van der Waals surface area (Å²) in [6.07, 6.45) is 0. The van der Waals surface area contributed by atoms with Crippen LogP contribution in [-0.4, -0.2) is 15.0 Å². The molecule has 1 N–H and O–H groups in total. The van der Waals surface area contributed by atoms with E-state index in [1.165, 1.54) is 11.1 Å². The number of hydrogen-bond donors (Lipinski definition) is 1. The largest absolute Gasteiger partial charge is 0.339 e. The second kappa shape index (κ2) is 7.69. The predicted octanol–water partition coefficient (Wildman–Crippen LogP) is 6.78. The molecule has 4 nitrogen and oxygen atoms in total. The summed E-state index contributed by atoms with van der Waals surface area (Å²) in [6.45, 7) is 4.09. The van der Waals surface area contributed by atoms with Gasteiger partial charge in [-0.3, -0.25) is 0 Å². The number of aryl methyl sites for hydroxylation is 2. The number of thiazole rings is 1. The zero-order valence-electron chi connectivity index (χ0n) is 16.8. The van der Waals surface area contributed by atoms with E-state index in [1.807, 2.05) is 31.2 Å². The highest BCUT2D eigenvalue weighted by Gasteiger charge is 2.09. The van der Waals surface area contributed by atoms with Gasteiger partial charge >= 0.3 is 0 Å². The van der Waals surface area contributed by atoms with Gasteiger partial charge in [0, 0.05) is 22.2 Å². The molecule has 0 aliphatic heterocycles. The van der Waals surface area contributed by atoms with Crippen molar-refractivity contribution < 1.29 is 0 Å². The van der Waals surface area contributed by atoms with Crippen LogP contribution >= 0.6 is 11.3 Å². The minimum atomic E-state index is 0.775. The zero-order valence-corrected chi connectivity index (χ0v) is 17.6. The van der Waals surface area contributed by atoms with Gasteiger partial charge in [0.15, 0.2) is 5.82 Å². The van der Waals surface area contributed by atoms with Crippen LogP contribution in [0.2, 0.25) is 0 Å². The van der Waals surface area contributed by atoms with Gasteiger partial charge in [0.25, 0.3) is 0 Å². The van der Waals surface area contributed by atoms with E-state index in [2.05, 4.69) is 71.1 Å². The van der Waals surface area contributed by atoms with Crippen LogP contribution in [0, 0.1) is 13.8 Å². The summed E-state index contributed by atoms with van der Waals surface area (Å²) in [6, 6.07) is 24.5. The average Bonchev–Trinajstić information content (AvgIpc) is 3.25. The smallest absolute Gasteiger partial charge is 0.152 e. The van der Waals surface area contributed by atoms with Crippen molar-refractivity contribution in [3.8, 4) is 21.8 Å². The van der Waals surface area contributed by atoms with E-state index in [0.717, 1.165) is 44.5 Å². The highest BCUT2D eigenvalue weighted by molar-refractivity contribution is 7.13. The first-order valence-corrected chi connectivity index (χ1v) is 10.7. The van der Waals surface area contributed by atoms with Crippen LogP contribution in [0.25, 0.3) is 32.9 Å². The number of benzene rings is 3. The maximum atomic E-state index is 4.85. The van der Waals surface area contributed by atoms with Crippen LogP contribution in [0.4, 0.5) is 11.5 Å². The highest BCUT2D eigenvalue weighted by Crippen LogP contribution is 2.31. The molecule has 5 aromatic rings. The van der Waals surface area contributed by atoms with E-state index in [1.54, 1.807) is 11.3 Å². The third-order valence-corrected chi connectivity index (χ3v) is 5.94. The molecule has 0 bridgehead atoms. The fourth-order valence-corrected chi connectivity index (χ4v) is 4.33. The minimum absolute atomic E-state index is 0.775. The molecule has 3 aromatic carbocycles. The molecule has 0 spiro atoms. The highest BCUT2D eigenvalue weighted by atomic mass is 32.1. The molecule has 0 amide bonds. The molecule has 5 rings (SSSR count). The molecule has 0 atom stereocenters. The average molecular weight is 409 g/mol. The van der Waals surface area contributed by atoms with Gasteiger partial charge in [0.1, 0.15) is 5.01 Å². The van der Waals surface area contributed by atoms with Gasteiger partial charge in [0.2, 0.25) is 0 Å². The van der Waals surface area contributed by atoms with Crippen molar-refractivity contribution in [3.63, 3.8) is 0 Å². The lowest BCUT2D eigenvalue weighted by Crippen LogP contribution is -1.99. The maximum Gasteiger partial charge on any atom is 0.152 e. The standard InChI is InChI=1S/C25H20N4S/c1-16-7-3-4-8-20(16)25-29-23(15-30-25)18-11-13-19(14-12-18)27-24-17(2)26-21-9-5-6-10-22(21)28-24/h3-15H,1-2H3,(H,27,28). The molecule has 2 heterocycles. The van der Waals surface area contributed by atoms with Gasteiger partial charge in [-0.2, -0.15) is 0 Å². The maximum absolute atomic E-state index is 4.85. The molecule has 0 unspecified atom stereocenters. The van der Waals surface area contributed by atoms with Gasteiger partial charge in [0.05, 0.1) is 22.4 Å². The van der Waals surface area contributed by atoms with Crippen molar-refractivity contribution in [1.82, 2.24) is 15.0 Å². The number of rotatable bonds is 4. The van der Waals surface area contributed by atoms with Gasteiger partial charge in [-0.05, 0) is 43.7 Å². The van der Waals surface area contributed by atoms with Crippen LogP contribution in [0.15, 0.2) is 78.2 Å². The topological polar surface area (TPSA) is 50.7 Å². The van der Waals surface area contributed by atoms with Crippen LogP contribution in [0.1, 0.15) is 11.3 Å². The van der Waals surface area contributed by atoms with Crippen molar-refractivity contribution in [2.45, 2.75) is 13.8 Å². The van der Waals surface area contributed by atoms with Crippen LogP contribution in [-0.2, 0) is 0 Å². The Morgan fingerprint density at radius 3 is 2.20 bits per heavy atom. The number of hydrogen-bond acceptors (Lipinski definition) is 5. The lowest BCUT2D eigenvalue weighted by atomic mass is 10.1. The van der Waals surface area contributed by atoms with Gasteiger partial charge in [-0.25, -0.2) is 15.0 Å². The van der Waals surface area contributed by atoms with E-state index in [9.17, 15) is 0 Å². The molecule has 0 fully saturated rings. The predicted molar refractivity (Wildman–Crippen MR) is 125 cm³/mol. The first kappa shape index (κ1) is 18.5. The molecular formula is C25H20N4S. The van der Waals surface area contributed by atoms with Crippen molar-refractivity contribution in [1.29, 1.82) is 0 Å². The molecule has 0 saturated carbocycles. The fraction of sp³-hybridized carbons (Fsp3) is 0.0800. The Hall–Kier alpha value is -3.57. The SMILES string of the molecule is Cc1ccccc1-c1nc(-c2ccc(Nc3nc4ccccc4nc3C)cc2)cs1. The first-order valence-electron chi connectivity index (χ1n) is 9.80. The number of nitrogens with one attached hydrogen (secondary N) is 1. The summed E-state index contributed by atoms with van der Waals surface area (Å²) in [7, 11) is 0. The summed E-state index contributed by atoms with van der Waals surface area (Å²) in [5.41, 5.74) is 8.16. The number of nitrogens with zero attached hydrogens (tertiary/aromatic N) is 3. The van der Waals surface area contributed by atoms with E-state index >= 15 is 0 Å². The van der Waals surface area contributed by atoms with Crippen molar-refractivity contribution in [3.05, 3.63) is 89.4 Å². The zero-order chi connectivity index (χ0) is 20.5. The van der Waals surface area contributed by atoms with Crippen LogP contribution in [0.5, 0.6) is 0 Å². The van der Waals surface area contributed by atoms with Crippen LogP contribution in [0.3, 0.4) is 0 Å². The second-order valence-electron chi connectivity index (χ2n) is 7.20. The van der Waals surface area contributed by atoms with E-state index in [4.69, 9.17) is 9.97 Å². The number of anilines is 2. The Labute approximate surface area is 179 Å². The third-order valence-electron chi connectivity index (χ3n) is 5.07. The van der Waals surface area contributed by atoms with E-state index in [-0.39, 0.29) is 0 Å². The Balaban J connectivity index is 1.39. The lowest BCUT2D eigenvalue weighted by molar-refractivity contribution is 1.18. The van der Waals surface area contributed by atoms with Crippen LogP contribution < -0.4 is 5.32 Å². The molecule has 2 aromatic heterocycles. The molecular weight excluding hydrogens is 388 g/mol. The monoisotopic (exact) mass is 408 g/mol. The Kier molecular flexibility index (Phi) is 4.73. The summed E-state index contributed by atoms with van der Waals surface area (Å²) in [5, 5.41) is 6.55. The molecule has 146 valence electrons. The van der Waals surface area contributed by atoms with Crippen molar-refractivity contribution in [2.24, 2.45) is 0 Å². The molecule has 0 radical (unpaired) electrons.